The Morgan fingerprint density at radius 1 is 0.968 bits per heavy atom. The van der Waals surface area contributed by atoms with Crippen LogP contribution in [0, 0.1) is 0 Å². The second-order valence-corrected chi connectivity index (χ2v) is 7.33. The molecule has 4 aromatic rings. The Kier molecular flexibility index (Phi) is 5.00. The molecule has 2 heterocycles. The monoisotopic (exact) mass is 429 g/mol. The van der Waals surface area contributed by atoms with Gasteiger partial charge < -0.3 is 13.8 Å². The molecule has 4 rings (SSSR count). The van der Waals surface area contributed by atoms with Gasteiger partial charge in [0, 0.05) is 18.2 Å². The van der Waals surface area contributed by atoms with E-state index < -0.39 is 17.3 Å². The highest BCUT2D eigenvalue weighted by Crippen LogP contribution is 2.37. The van der Waals surface area contributed by atoms with E-state index in [1.807, 2.05) is 0 Å². The van der Waals surface area contributed by atoms with Gasteiger partial charge in [-0.15, -0.1) is 10.2 Å². The van der Waals surface area contributed by atoms with Gasteiger partial charge >= 0.3 is 6.18 Å². The van der Waals surface area contributed by atoms with Crippen molar-refractivity contribution in [3.05, 3.63) is 66.2 Å². The molecule has 0 bridgehead atoms. The number of hydrogen-bond acceptors (Lipinski definition) is 6. The third kappa shape index (κ3) is 4.00. The van der Waals surface area contributed by atoms with Gasteiger partial charge in [-0.2, -0.15) is 18.2 Å². The van der Waals surface area contributed by atoms with Crippen LogP contribution in [0.4, 0.5) is 13.2 Å². The minimum Gasteiger partial charge on any atom is -0.480 e. The summed E-state index contributed by atoms with van der Waals surface area (Å²) >= 11 is 0. The van der Waals surface area contributed by atoms with Crippen molar-refractivity contribution in [1.82, 2.24) is 24.9 Å². The Morgan fingerprint density at radius 2 is 1.68 bits per heavy atom. The van der Waals surface area contributed by atoms with E-state index in [9.17, 15) is 13.2 Å². The maximum atomic E-state index is 13.4. The van der Waals surface area contributed by atoms with Crippen molar-refractivity contribution in [1.29, 1.82) is 0 Å². The maximum Gasteiger partial charge on any atom is 0.417 e. The predicted octanol–water partition coefficient (Wildman–Crippen LogP) is 4.87. The molecule has 10 heteroatoms. The molecule has 0 N–H and O–H groups in total. The average molecular weight is 429 g/mol. The van der Waals surface area contributed by atoms with E-state index in [-0.39, 0.29) is 11.4 Å². The number of rotatable bonds is 5. The third-order valence-corrected chi connectivity index (χ3v) is 4.72. The highest BCUT2D eigenvalue weighted by Gasteiger charge is 2.36. The average Bonchev–Trinajstić information content (AvgIpc) is 3.38. The molecule has 0 fully saturated rings. The fourth-order valence-corrected chi connectivity index (χ4v) is 3.32. The summed E-state index contributed by atoms with van der Waals surface area (Å²) in [6, 6.07) is 12.3. The van der Waals surface area contributed by atoms with Crippen LogP contribution in [0.3, 0.4) is 0 Å². The number of benzene rings is 2. The van der Waals surface area contributed by atoms with Crippen molar-refractivity contribution in [2.75, 3.05) is 0 Å². The van der Waals surface area contributed by atoms with E-state index in [4.69, 9.17) is 9.26 Å². The first-order chi connectivity index (χ1) is 14.7. The molecule has 0 amide bonds. The molecule has 0 spiro atoms. The van der Waals surface area contributed by atoms with Gasteiger partial charge in [0.15, 0.2) is 23.6 Å². The normalized spacial score (nSPS) is 12.2. The molecule has 0 atom stereocenters. The van der Waals surface area contributed by atoms with Crippen LogP contribution in [0.25, 0.3) is 22.8 Å². The van der Waals surface area contributed by atoms with E-state index in [0.717, 1.165) is 11.6 Å². The van der Waals surface area contributed by atoms with Crippen LogP contribution in [0.5, 0.6) is 5.75 Å². The lowest BCUT2D eigenvalue weighted by Crippen LogP contribution is -2.29. The predicted molar refractivity (Wildman–Crippen MR) is 105 cm³/mol. The van der Waals surface area contributed by atoms with Crippen LogP contribution in [0.2, 0.25) is 0 Å². The first-order valence-corrected chi connectivity index (χ1v) is 9.29. The topological polar surface area (TPSA) is 78.9 Å². The fraction of sp³-hybridized carbons (Fsp3) is 0.238. The van der Waals surface area contributed by atoms with Gasteiger partial charge in [-0.25, -0.2) is 0 Å². The largest absolute Gasteiger partial charge is 0.480 e. The highest BCUT2D eigenvalue weighted by molar-refractivity contribution is 5.61. The summed E-state index contributed by atoms with van der Waals surface area (Å²) in [7, 11) is 1.61. The Balaban J connectivity index is 1.63. The molecule has 31 heavy (non-hydrogen) atoms. The van der Waals surface area contributed by atoms with Gasteiger partial charge in [0.25, 0.3) is 5.89 Å². The first kappa shape index (κ1) is 20.6. The van der Waals surface area contributed by atoms with Crippen molar-refractivity contribution in [2.45, 2.75) is 25.6 Å². The van der Waals surface area contributed by atoms with Gasteiger partial charge in [0.1, 0.15) is 5.75 Å². The summed E-state index contributed by atoms with van der Waals surface area (Å²) in [5.41, 5.74) is -1.06. The molecule has 2 aromatic heterocycles. The van der Waals surface area contributed by atoms with Gasteiger partial charge in [-0.3, -0.25) is 0 Å². The molecule has 2 aromatic carbocycles. The summed E-state index contributed by atoms with van der Waals surface area (Å²) in [4.78, 5) is 3.99. The van der Waals surface area contributed by atoms with Crippen LogP contribution in [0.15, 0.2) is 59.4 Å². The second-order valence-electron chi connectivity index (χ2n) is 7.33. The van der Waals surface area contributed by atoms with Crippen molar-refractivity contribution in [2.24, 2.45) is 7.05 Å². The number of alkyl halides is 3. The number of ether oxygens (including phenoxy) is 1. The number of hydrogen-bond donors (Lipinski definition) is 0. The van der Waals surface area contributed by atoms with Crippen LogP contribution in [0.1, 0.15) is 25.2 Å². The fourth-order valence-electron chi connectivity index (χ4n) is 3.32. The Hall–Kier alpha value is -3.69. The van der Waals surface area contributed by atoms with Crippen molar-refractivity contribution < 1.29 is 22.4 Å². The molecule has 160 valence electrons. The van der Waals surface area contributed by atoms with Crippen molar-refractivity contribution in [3.8, 4) is 28.6 Å². The van der Waals surface area contributed by atoms with Crippen LogP contribution < -0.4 is 4.74 Å². The van der Waals surface area contributed by atoms with Crippen molar-refractivity contribution >= 4 is 0 Å². The maximum absolute atomic E-state index is 13.4. The molecule has 0 radical (unpaired) electrons. The Morgan fingerprint density at radius 3 is 2.32 bits per heavy atom. The quantitative estimate of drug-likeness (QED) is 0.451. The van der Waals surface area contributed by atoms with Gasteiger partial charge in [0.05, 0.1) is 5.56 Å². The molecule has 0 saturated carbocycles. The van der Waals surface area contributed by atoms with E-state index in [2.05, 4.69) is 20.3 Å². The first-order valence-electron chi connectivity index (χ1n) is 9.29. The number of nitrogens with zero attached hydrogens (tertiary/aromatic N) is 5. The van der Waals surface area contributed by atoms with Crippen LogP contribution >= 0.6 is 0 Å². The summed E-state index contributed by atoms with van der Waals surface area (Å²) in [6.07, 6.45) is -3.19. The standard InChI is InChI=1S/C21H18F3N5O2/c1-20(2,30-14-10-8-13(9-11-14)18-25-12-26-31-18)19-28-27-17(29(19)3)15-6-4-5-7-16(15)21(22,23)24/h4-12H,1-3H3. The number of halogens is 3. The summed E-state index contributed by atoms with van der Waals surface area (Å²) in [6.45, 7) is 3.53. The second kappa shape index (κ2) is 7.53. The lowest BCUT2D eigenvalue weighted by atomic mass is 10.1. The van der Waals surface area contributed by atoms with E-state index in [1.54, 1.807) is 45.2 Å². The zero-order chi connectivity index (χ0) is 22.2. The van der Waals surface area contributed by atoms with Gasteiger partial charge in [-0.05, 0) is 44.2 Å². The highest BCUT2D eigenvalue weighted by atomic mass is 19.4. The molecule has 0 aliphatic carbocycles. The zero-order valence-corrected chi connectivity index (χ0v) is 16.9. The molecular formula is C21H18F3N5O2. The molecule has 0 aliphatic heterocycles. The van der Waals surface area contributed by atoms with Crippen LogP contribution in [-0.2, 0) is 18.8 Å². The van der Waals surface area contributed by atoms with Gasteiger partial charge in [-0.1, -0.05) is 23.4 Å². The molecule has 0 unspecified atom stereocenters. The van der Waals surface area contributed by atoms with E-state index in [0.29, 0.717) is 17.5 Å². The van der Waals surface area contributed by atoms with Crippen molar-refractivity contribution in [3.63, 3.8) is 0 Å². The minimum atomic E-state index is -4.51. The number of aromatic nitrogens is 5. The Bertz CT molecular complexity index is 1180. The summed E-state index contributed by atoms with van der Waals surface area (Å²) in [5, 5.41) is 11.7. The third-order valence-electron chi connectivity index (χ3n) is 4.72. The van der Waals surface area contributed by atoms with Gasteiger partial charge in [0.2, 0.25) is 0 Å². The van der Waals surface area contributed by atoms with E-state index in [1.165, 1.54) is 29.1 Å². The molecular weight excluding hydrogens is 411 g/mol. The molecule has 7 nitrogen and oxygen atoms in total. The summed E-state index contributed by atoms with van der Waals surface area (Å²) in [5.74, 6) is 1.40. The van der Waals surface area contributed by atoms with E-state index >= 15 is 0 Å². The lowest BCUT2D eigenvalue weighted by molar-refractivity contribution is -0.137. The molecule has 0 saturated heterocycles. The smallest absolute Gasteiger partial charge is 0.417 e. The summed E-state index contributed by atoms with van der Waals surface area (Å²) < 4.78 is 52.9. The van der Waals surface area contributed by atoms with Crippen LogP contribution in [-0.4, -0.2) is 24.9 Å². The zero-order valence-electron chi connectivity index (χ0n) is 16.9. The molecule has 0 aliphatic rings. The Labute approximate surface area is 175 Å². The lowest BCUT2D eigenvalue weighted by Gasteiger charge is -2.25. The minimum absolute atomic E-state index is 0.0454. The SMILES string of the molecule is Cn1c(-c2ccccc2C(F)(F)F)nnc1C(C)(C)Oc1ccc(-c2ncno2)cc1.